The molecular weight excluding hydrogens is 468 g/mol. The lowest BCUT2D eigenvalue weighted by Gasteiger charge is -2.36. The van der Waals surface area contributed by atoms with E-state index in [0.717, 1.165) is 16.5 Å². The Morgan fingerprint density at radius 2 is 2.03 bits per heavy atom. The second kappa shape index (κ2) is 9.57. The van der Waals surface area contributed by atoms with Gasteiger partial charge in [0.05, 0.1) is 25.8 Å². The number of aliphatic hydroxyl groups is 1. The van der Waals surface area contributed by atoms with E-state index >= 15 is 0 Å². The highest BCUT2D eigenvalue weighted by Gasteiger charge is 2.53. The first-order valence-electron chi connectivity index (χ1n) is 11.9. The summed E-state index contributed by atoms with van der Waals surface area (Å²) in [5.41, 5.74) is 1.15. The molecule has 1 spiro atoms. The van der Waals surface area contributed by atoms with Gasteiger partial charge in [0.1, 0.15) is 35.3 Å². The zero-order valence-electron chi connectivity index (χ0n) is 21.3. The number of fused-ring (bicyclic) bond motifs is 3. The number of carbonyl (C=O) groups is 3. The van der Waals surface area contributed by atoms with Gasteiger partial charge in [-0.2, -0.15) is 0 Å². The topological polar surface area (TPSA) is 124 Å². The molecule has 2 aliphatic rings. The third-order valence-corrected chi connectivity index (χ3v) is 6.42. The van der Waals surface area contributed by atoms with Crippen LogP contribution in [0.15, 0.2) is 18.2 Å². The van der Waals surface area contributed by atoms with Crippen molar-refractivity contribution in [2.45, 2.75) is 77.4 Å². The van der Waals surface area contributed by atoms with Gasteiger partial charge in [-0.1, -0.05) is 6.07 Å². The minimum Gasteiger partial charge on any atom is -0.483 e. The number of methoxy groups -OCH3 is 1. The zero-order chi connectivity index (χ0) is 26.3. The third-order valence-electron chi connectivity index (χ3n) is 6.42. The van der Waals surface area contributed by atoms with Crippen LogP contribution < -0.4 is 4.74 Å². The van der Waals surface area contributed by atoms with E-state index < -0.39 is 35.3 Å². The molecule has 1 aromatic heterocycles. The van der Waals surface area contributed by atoms with E-state index in [4.69, 9.17) is 18.9 Å². The van der Waals surface area contributed by atoms with Gasteiger partial charge in [-0.05, 0) is 51.3 Å². The number of amides is 1. The lowest BCUT2D eigenvalue weighted by atomic mass is 9.87. The Morgan fingerprint density at radius 3 is 2.67 bits per heavy atom. The summed E-state index contributed by atoms with van der Waals surface area (Å²) in [6, 6.07) is 4.62. The zero-order valence-corrected chi connectivity index (χ0v) is 21.3. The van der Waals surface area contributed by atoms with Gasteiger partial charge >= 0.3 is 18.0 Å². The summed E-state index contributed by atoms with van der Waals surface area (Å²) in [5, 5.41) is 10.5. The first-order chi connectivity index (χ1) is 16.9. The minimum absolute atomic E-state index is 0.0817. The third kappa shape index (κ3) is 5.09. The van der Waals surface area contributed by atoms with Crippen molar-refractivity contribution in [1.29, 1.82) is 0 Å². The van der Waals surface area contributed by atoms with Crippen LogP contribution >= 0.6 is 0 Å². The summed E-state index contributed by atoms with van der Waals surface area (Å²) < 4.78 is 22.4. The van der Waals surface area contributed by atoms with Gasteiger partial charge in [-0.15, -0.1) is 0 Å². The first-order valence-corrected chi connectivity index (χ1v) is 11.9. The quantitative estimate of drug-likeness (QED) is 0.498. The number of carbonyl (C=O) groups excluding carboxylic acids is 3. The molecule has 0 bridgehead atoms. The molecule has 0 radical (unpaired) electrons. The predicted octanol–water partition coefficient (Wildman–Crippen LogP) is 3.04. The fourth-order valence-corrected chi connectivity index (χ4v) is 4.83. The number of pyridine rings is 1. The van der Waals surface area contributed by atoms with Gasteiger partial charge in [0.2, 0.25) is 0 Å². The second-order valence-electron chi connectivity index (χ2n) is 10.3. The molecule has 1 aromatic carbocycles. The van der Waals surface area contributed by atoms with Gasteiger partial charge in [0, 0.05) is 24.3 Å². The molecule has 10 nitrogen and oxygen atoms in total. The number of aliphatic hydroxyl groups excluding tert-OH is 1. The Bertz CT molecular complexity index is 1200. The second-order valence-corrected chi connectivity index (χ2v) is 10.3. The summed E-state index contributed by atoms with van der Waals surface area (Å²) in [4.78, 5) is 43.2. The van der Waals surface area contributed by atoms with Crippen LogP contribution in [0, 0.1) is 0 Å². The number of esters is 2. The van der Waals surface area contributed by atoms with Crippen LogP contribution in [0.1, 0.15) is 57.4 Å². The molecular formula is C26H32N2O8. The Labute approximate surface area is 209 Å². The van der Waals surface area contributed by atoms with E-state index in [1.54, 1.807) is 26.8 Å². The molecule has 0 saturated carbocycles. The van der Waals surface area contributed by atoms with Crippen molar-refractivity contribution in [2.24, 2.45) is 0 Å². The first kappa shape index (κ1) is 25.7. The number of rotatable bonds is 4. The summed E-state index contributed by atoms with van der Waals surface area (Å²) in [5.74, 6) is -0.522. The highest BCUT2D eigenvalue weighted by atomic mass is 16.6. The molecule has 2 aliphatic heterocycles. The average molecular weight is 501 g/mol. The smallest absolute Gasteiger partial charge is 0.411 e. The van der Waals surface area contributed by atoms with Crippen molar-refractivity contribution in [3.8, 4) is 5.75 Å². The molecule has 10 heteroatoms. The number of nitrogens with zero attached hydrogens (tertiary/aromatic N) is 2. The van der Waals surface area contributed by atoms with E-state index in [9.17, 15) is 19.5 Å². The molecule has 0 aliphatic carbocycles. The fraction of sp³-hybridized carbons (Fsp3) is 0.538. The number of likely N-dealkylation sites (tertiary alicyclic amines) is 1. The largest absolute Gasteiger partial charge is 0.483 e. The van der Waals surface area contributed by atoms with Crippen molar-refractivity contribution in [3.05, 3.63) is 35.0 Å². The normalized spacial score (nSPS) is 21.2. The van der Waals surface area contributed by atoms with Crippen molar-refractivity contribution in [1.82, 2.24) is 9.88 Å². The van der Waals surface area contributed by atoms with Crippen LogP contribution in [0.3, 0.4) is 0 Å². The molecule has 2 aromatic rings. The van der Waals surface area contributed by atoms with Crippen molar-refractivity contribution >= 4 is 28.9 Å². The lowest BCUT2D eigenvalue weighted by Crippen LogP contribution is -2.46. The molecule has 1 N–H and O–H groups in total. The van der Waals surface area contributed by atoms with Crippen LogP contribution in [-0.2, 0) is 43.4 Å². The van der Waals surface area contributed by atoms with E-state index in [0.29, 0.717) is 29.8 Å². The molecule has 1 fully saturated rings. The van der Waals surface area contributed by atoms with E-state index in [2.05, 4.69) is 4.98 Å². The number of hydrogen-bond acceptors (Lipinski definition) is 9. The Hall–Kier alpha value is -3.40. The van der Waals surface area contributed by atoms with Crippen LogP contribution in [0.5, 0.6) is 5.75 Å². The van der Waals surface area contributed by atoms with Gasteiger partial charge in [0.25, 0.3) is 0 Å². The molecule has 36 heavy (non-hydrogen) atoms. The molecule has 1 saturated heterocycles. The lowest BCUT2D eigenvalue weighted by molar-refractivity contribution is -0.146. The Balaban J connectivity index is 1.74. The van der Waals surface area contributed by atoms with Gasteiger partial charge in [-0.25, -0.2) is 14.6 Å². The van der Waals surface area contributed by atoms with Gasteiger partial charge in [-0.3, -0.25) is 9.69 Å². The predicted molar refractivity (Wildman–Crippen MR) is 128 cm³/mol. The summed E-state index contributed by atoms with van der Waals surface area (Å²) in [6.45, 7) is 6.53. The summed E-state index contributed by atoms with van der Waals surface area (Å²) >= 11 is 0. The average Bonchev–Trinajstić information content (AvgIpc) is 3.19. The van der Waals surface area contributed by atoms with Crippen molar-refractivity contribution < 1.29 is 38.4 Å². The van der Waals surface area contributed by atoms with Crippen molar-refractivity contribution in [3.63, 3.8) is 0 Å². The van der Waals surface area contributed by atoms with E-state index in [-0.39, 0.29) is 26.2 Å². The summed E-state index contributed by atoms with van der Waals surface area (Å²) in [6.07, 6.45) is 0.711. The van der Waals surface area contributed by atoms with Crippen LogP contribution in [-0.4, -0.2) is 63.9 Å². The standard InChI is InChI=1S/C26H32N2O8/c1-15(30)34-13-20-22-17(18-10-16(12-29)6-7-19(18)27-20)8-9-26(35-22)11-21(23(31)33-5)28(14-26)24(32)36-25(2,3)4/h6-7,10,21,29H,8-9,11-14H2,1-5H3/t21-,26?/m0/s1. The Kier molecular flexibility index (Phi) is 6.83. The maximum atomic E-state index is 13.0. The molecule has 1 unspecified atom stereocenters. The monoisotopic (exact) mass is 500 g/mol. The number of hydrogen-bond donors (Lipinski definition) is 1. The molecule has 194 valence electrons. The number of benzene rings is 1. The number of aromatic nitrogens is 1. The maximum Gasteiger partial charge on any atom is 0.411 e. The molecule has 3 heterocycles. The van der Waals surface area contributed by atoms with Gasteiger partial charge in [0.15, 0.2) is 0 Å². The van der Waals surface area contributed by atoms with Crippen molar-refractivity contribution in [2.75, 3.05) is 13.7 Å². The molecule has 4 rings (SSSR count). The highest BCUT2D eigenvalue weighted by molar-refractivity contribution is 5.86. The highest BCUT2D eigenvalue weighted by Crippen LogP contribution is 2.45. The maximum absolute atomic E-state index is 13.0. The van der Waals surface area contributed by atoms with E-state index in [1.165, 1.54) is 18.9 Å². The SMILES string of the molecule is COC(=O)[C@@H]1CC2(CCc3c(c(COC(C)=O)nc4ccc(CO)cc34)O2)CN1C(=O)OC(C)(C)C. The van der Waals surface area contributed by atoms with E-state index in [1.807, 2.05) is 12.1 Å². The fourth-order valence-electron chi connectivity index (χ4n) is 4.83. The van der Waals surface area contributed by atoms with Crippen LogP contribution in [0.4, 0.5) is 4.79 Å². The van der Waals surface area contributed by atoms with Gasteiger partial charge < -0.3 is 24.1 Å². The van der Waals surface area contributed by atoms with Crippen LogP contribution in [0.2, 0.25) is 0 Å². The Morgan fingerprint density at radius 1 is 1.28 bits per heavy atom. The molecule has 2 atom stereocenters. The minimum atomic E-state index is -0.877. The summed E-state index contributed by atoms with van der Waals surface area (Å²) in [7, 11) is 1.28. The number of ether oxygens (including phenoxy) is 4. The van der Waals surface area contributed by atoms with Crippen LogP contribution in [0.25, 0.3) is 10.9 Å². The molecule has 1 amide bonds. The number of aryl methyl sites for hydroxylation is 1.